The van der Waals surface area contributed by atoms with E-state index in [4.69, 9.17) is 27.4 Å². The summed E-state index contributed by atoms with van der Waals surface area (Å²) in [7, 11) is 0. The van der Waals surface area contributed by atoms with Crippen molar-refractivity contribution in [2.75, 3.05) is 5.75 Å². The number of carboxylic acids is 2. The third-order valence-corrected chi connectivity index (χ3v) is 4.24. The summed E-state index contributed by atoms with van der Waals surface area (Å²) in [5, 5.41) is 24.0. The van der Waals surface area contributed by atoms with Crippen molar-refractivity contribution in [2.45, 2.75) is 49.9 Å². The zero-order chi connectivity index (χ0) is 25.0. The summed E-state index contributed by atoms with van der Waals surface area (Å²) in [4.78, 5) is 80.8. The Bertz CT molecular complexity index is 762. The third kappa shape index (κ3) is 11.1. The Kier molecular flexibility index (Phi) is 12.3. The number of hydrogen-bond acceptors (Lipinski definition) is 9. The highest BCUT2D eigenvalue weighted by Crippen LogP contribution is 2.01. The molecule has 0 saturated carbocycles. The number of rotatable bonds is 15. The molecule has 0 aliphatic rings. The SMILES string of the molecule is NC(=O)CC(NC(=O)C(CC(N)=O)NC(=O)C(CS)NC(=O)C(N)CCC(=O)O)C(=O)O. The van der Waals surface area contributed by atoms with E-state index in [1.54, 1.807) is 0 Å². The van der Waals surface area contributed by atoms with Crippen LogP contribution in [0.25, 0.3) is 0 Å². The maximum absolute atomic E-state index is 12.5. The minimum absolute atomic E-state index is 0.203. The number of carbonyl (C=O) groups is 7. The molecular formula is C16H26N6O9S. The highest BCUT2D eigenvalue weighted by Gasteiger charge is 2.31. The first-order valence-electron chi connectivity index (χ1n) is 9.07. The van der Waals surface area contributed by atoms with Crippen molar-refractivity contribution in [3.8, 4) is 0 Å². The van der Waals surface area contributed by atoms with Crippen LogP contribution in [0.3, 0.4) is 0 Å². The molecule has 180 valence electrons. The average Bonchev–Trinajstić information content (AvgIpc) is 2.67. The predicted molar refractivity (Wildman–Crippen MR) is 110 cm³/mol. The first-order valence-corrected chi connectivity index (χ1v) is 9.70. The van der Waals surface area contributed by atoms with Crippen LogP contribution in [0, 0.1) is 0 Å². The Balaban J connectivity index is 5.27. The van der Waals surface area contributed by atoms with E-state index in [0.29, 0.717) is 0 Å². The topological polar surface area (TPSA) is 274 Å². The van der Waals surface area contributed by atoms with Gasteiger partial charge in [-0.05, 0) is 6.42 Å². The van der Waals surface area contributed by atoms with E-state index in [1.807, 2.05) is 5.32 Å². The Morgan fingerprint density at radius 2 is 1.19 bits per heavy atom. The number of carbonyl (C=O) groups excluding carboxylic acids is 5. The summed E-state index contributed by atoms with van der Waals surface area (Å²) in [6, 6.07) is -5.95. The highest BCUT2D eigenvalue weighted by atomic mass is 32.1. The Morgan fingerprint density at radius 1 is 0.750 bits per heavy atom. The van der Waals surface area contributed by atoms with Gasteiger partial charge in [-0.2, -0.15) is 12.6 Å². The number of nitrogens with one attached hydrogen (secondary N) is 3. The van der Waals surface area contributed by atoms with Gasteiger partial charge in [0.2, 0.25) is 29.5 Å². The van der Waals surface area contributed by atoms with Gasteiger partial charge in [0.15, 0.2) is 0 Å². The van der Waals surface area contributed by atoms with Crippen LogP contribution in [-0.4, -0.2) is 81.6 Å². The van der Waals surface area contributed by atoms with Crippen LogP contribution in [0.1, 0.15) is 25.7 Å². The van der Waals surface area contributed by atoms with Gasteiger partial charge in [-0.1, -0.05) is 0 Å². The minimum Gasteiger partial charge on any atom is -0.481 e. The second-order valence-electron chi connectivity index (χ2n) is 6.58. The van der Waals surface area contributed by atoms with Gasteiger partial charge in [0.25, 0.3) is 0 Å². The van der Waals surface area contributed by atoms with E-state index in [0.717, 1.165) is 0 Å². The first-order chi connectivity index (χ1) is 14.8. The van der Waals surface area contributed by atoms with Crippen LogP contribution >= 0.6 is 12.6 Å². The van der Waals surface area contributed by atoms with Crippen LogP contribution < -0.4 is 33.2 Å². The molecule has 5 amide bonds. The standard InChI is InChI=1S/C16H26N6O9S/c17-6(1-2-12(25)26)13(27)22-9(5-32)15(29)20-7(3-10(18)23)14(28)21-8(16(30)31)4-11(19)24/h6-9,32H,1-5,17H2,(H2,18,23)(H2,19,24)(H,20,29)(H,21,28)(H,22,27)(H,25,26)(H,30,31). The van der Waals surface area contributed by atoms with E-state index in [2.05, 4.69) is 23.3 Å². The molecule has 0 aromatic rings. The maximum Gasteiger partial charge on any atom is 0.326 e. The summed E-state index contributed by atoms with van der Waals surface area (Å²) in [6.45, 7) is 0. The van der Waals surface area contributed by atoms with Crippen molar-refractivity contribution in [1.82, 2.24) is 16.0 Å². The van der Waals surface area contributed by atoms with Gasteiger partial charge in [-0.3, -0.25) is 28.8 Å². The smallest absolute Gasteiger partial charge is 0.326 e. The number of aliphatic carboxylic acids is 2. The summed E-state index contributed by atoms with van der Waals surface area (Å²) in [5.41, 5.74) is 15.5. The maximum atomic E-state index is 12.5. The van der Waals surface area contributed by atoms with Crippen LogP contribution in [0.5, 0.6) is 0 Å². The molecule has 16 heteroatoms. The number of carboxylic acid groups (broad SMARTS) is 2. The van der Waals surface area contributed by atoms with Crippen LogP contribution in [0.15, 0.2) is 0 Å². The molecule has 0 heterocycles. The van der Waals surface area contributed by atoms with Gasteiger partial charge >= 0.3 is 11.9 Å². The first kappa shape index (κ1) is 28.6. The lowest BCUT2D eigenvalue weighted by Crippen LogP contribution is -2.58. The van der Waals surface area contributed by atoms with Gasteiger partial charge < -0.3 is 43.4 Å². The lowest BCUT2D eigenvalue weighted by Gasteiger charge is -2.23. The molecule has 0 aromatic carbocycles. The van der Waals surface area contributed by atoms with Gasteiger partial charge in [0, 0.05) is 12.2 Å². The number of thiol groups is 1. The molecule has 11 N–H and O–H groups in total. The summed E-state index contributed by atoms with van der Waals surface area (Å²) in [6.07, 6.45) is -2.07. The van der Waals surface area contributed by atoms with E-state index in [-0.39, 0.29) is 18.6 Å². The summed E-state index contributed by atoms with van der Waals surface area (Å²) >= 11 is 3.92. The van der Waals surface area contributed by atoms with E-state index in [1.165, 1.54) is 0 Å². The molecule has 15 nitrogen and oxygen atoms in total. The van der Waals surface area contributed by atoms with Crippen molar-refractivity contribution in [2.24, 2.45) is 17.2 Å². The van der Waals surface area contributed by atoms with Crippen molar-refractivity contribution in [3.05, 3.63) is 0 Å². The number of amides is 5. The van der Waals surface area contributed by atoms with Gasteiger partial charge in [-0.15, -0.1) is 0 Å². The van der Waals surface area contributed by atoms with Crippen LogP contribution in [0.2, 0.25) is 0 Å². The summed E-state index contributed by atoms with van der Waals surface area (Å²) < 4.78 is 0. The van der Waals surface area contributed by atoms with Crippen LogP contribution in [0.4, 0.5) is 0 Å². The van der Waals surface area contributed by atoms with Crippen LogP contribution in [-0.2, 0) is 33.6 Å². The molecule has 0 radical (unpaired) electrons. The fourth-order valence-corrected chi connectivity index (χ4v) is 2.50. The fraction of sp³-hybridized carbons (Fsp3) is 0.562. The Morgan fingerprint density at radius 3 is 1.62 bits per heavy atom. The quantitative estimate of drug-likeness (QED) is 0.102. The molecule has 0 aromatic heterocycles. The molecule has 0 bridgehead atoms. The zero-order valence-electron chi connectivity index (χ0n) is 16.8. The largest absolute Gasteiger partial charge is 0.481 e. The average molecular weight is 478 g/mol. The molecule has 0 aliphatic heterocycles. The van der Waals surface area contributed by atoms with Gasteiger partial charge in [-0.25, -0.2) is 4.79 Å². The molecule has 4 unspecified atom stereocenters. The van der Waals surface area contributed by atoms with E-state index in [9.17, 15) is 33.6 Å². The fourth-order valence-electron chi connectivity index (χ4n) is 2.24. The molecule has 0 rings (SSSR count). The number of hydrogen-bond donors (Lipinski definition) is 9. The lowest BCUT2D eigenvalue weighted by molar-refractivity contribution is -0.144. The second-order valence-corrected chi connectivity index (χ2v) is 6.95. The van der Waals surface area contributed by atoms with Gasteiger partial charge in [0.05, 0.1) is 18.9 Å². The second kappa shape index (κ2) is 13.8. The van der Waals surface area contributed by atoms with Crippen molar-refractivity contribution >= 4 is 54.1 Å². The number of nitrogens with two attached hydrogens (primary N) is 3. The normalized spacial score (nSPS) is 14.2. The molecule has 0 aliphatic carbocycles. The zero-order valence-corrected chi connectivity index (χ0v) is 17.7. The molecule has 0 fully saturated rings. The predicted octanol–water partition coefficient (Wildman–Crippen LogP) is -4.60. The van der Waals surface area contributed by atoms with E-state index < -0.39 is 78.5 Å². The monoisotopic (exact) mass is 478 g/mol. The third-order valence-electron chi connectivity index (χ3n) is 3.88. The summed E-state index contributed by atoms with van der Waals surface area (Å²) in [5.74, 6) is -8.06. The van der Waals surface area contributed by atoms with Crippen molar-refractivity contribution in [1.29, 1.82) is 0 Å². The lowest BCUT2D eigenvalue weighted by atomic mass is 10.1. The highest BCUT2D eigenvalue weighted by molar-refractivity contribution is 7.80. The Labute approximate surface area is 187 Å². The molecule has 4 atom stereocenters. The molecule has 0 spiro atoms. The van der Waals surface area contributed by atoms with Crippen molar-refractivity contribution in [3.63, 3.8) is 0 Å². The molecular weight excluding hydrogens is 452 g/mol. The molecule has 0 saturated heterocycles. The minimum atomic E-state index is -1.72. The van der Waals surface area contributed by atoms with E-state index >= 15 is 0 Å². The number of primary amides is 2. The van der Waals surface area contributed by atoms with Crippen molar-refractivity contribution < 1.29 is 43.8 Å². The van der Waals surface area contributed by atoms with Gasteiger partial charge in [0.1, 0.15) is 18.1 Å². The molecule has 32 heavy (non-hydrogen) atoms. The Hall–Kier alpha value is -3.40.